The van der Waals surface area contributed by atoms with Gasteiger partial charge in [0.1, 0.15) is 5.82 Å². The first-order valence-corrected chi connectivity index (χ1v) is 9.53. The van der Waals surface area contributed by atoms with E-state index in [1.165, 1.54) is 17.0 Å². The summed E-state index contributed by atoms with van der Waals surface area (Å²) in [6.45, 7) is 7.08. The van der Waals surface area contributed by atoms with Gasteiger partial charge in [-0.1, -0.05) is 6.07 Å². The van der Waals surface area contributed by atoms with E-state index < -0.39 is 0 Å². The predicted molar refractivity (Wildman–Crippen MR) is 96.3 cm³/mol. The van der Waals surface area contributed by atoms with Crippen molar-refractivity contribution in [3.63, 3.8) is 0 Å². The Balaban J connectivity index is 1.27. The van der Waals surface area contributed by atoms with E-state index in [9.17, 15) is 0 Å². The highest BCUT2D eigenvalue weighted by molar-refractivity contribution is 7.09. The van der Waals surface area contributed by atoms with E-state index in [4.69, 9.17) is 4.74 Å². The van der Waals surface area contributed by atoms with Crippen molar-refractivity contribution in [2.24, 2.45) is 5.92 Å². The Morgan fingerprint density at radius 2 is 2.29 bits per heavy atom. The summed E-state index contributed by atoms with van der Waals surface area (Å²) in [5.41, 5.74) is 3.20. The lowest BCUT2D eigenvalue weighted by Gasteiger charge is -2.50. The average molecular weight is 344 g/mol. The molecule has 4 rings (SSSR count). The van der Waals surface area contributed by atoms with Crippen molar-refractivity contribution in [1.82, 2.24) is 14.9 Å². The Hall–Kier alpha value is -1.50. The number of anilines is 1. The zero-order chi connectivity index (χ0) is 16.4. The summed E-state index contributed by atoms with van der Waals surface area (Å²) in [4.78, 5) is 12.5. The number of hydrogen-bond donors (Lipinski definition) is 1. The van der Waals surface area contributed by atoms with E-state index in [1.807, 2.05) is 29.9 Å². The molecule has 0 aliphatic carbocycles. The molecule has 0 radical (unpaired) electrons. The number of aryl methyl sites for hydroxylation is 1. The zero-order valence-electron chi connectivity index (χ0n) is 14.1. The summed E-state index contributed by atoms with van der Waals surface area (Å²) in [7, 11) is 0. The molecule has 5 nitrogen and oxygen atoms in total. The van der Waals surface area contributed by atoms with Gasteiger partial charge in [0.05, 0.1) is 16.8 Å². The second-order valence-electron chi connectivity index (χ2n) is 6.84. The van der Waals surface area contributed by atoms with Crippen LogP contribution < -0.4 is 5.32 Å². The van der Waals surface area contributed by atoms with E-state index in [1.54, 1.807) is 11.3 Å². The van der Waals surface area contributed by atoms with E-state index in [0.717, 1.165) is 45.0 Å². The van der Waals surface area contributed by atoms with Crippen molar-refractivity contribution in [2.45, 2.75) is 31.9 Å². The van der Waals surface area contributed by atoms with Gasteiger partial charge in [-0.25, -0.2) is 9.97 Å². The number of nitrogens with one attached hydrogen (secondary N) is 1. The molecule has 128 valence electrons. The molecule has 0 amide bonds. The van der Waals surface area contributed by atoms with Gasteiger partial charge in [-0.2, -0.15) is 0 Å². The number of hydrogen-bond acceptors (Lipinski definition) is 6. The van der Waals surface area contributed by atoms with Gasteiger partial charge in [0.2, 0.25) is 0 Å². The Kier molecular flexibility index (Phi) is 4.52. The number of nitrogens with zero attached hydrogens (tertiary/aromatic N) is 3. The van der Waals surface area contributed by atoms with Crippen LogP contribution in [0.25, 0.3) is 0 Å². The fourth-order valence-corrected chi connectivity index (χ4v) is 4.71. The SMILES string of the molecule is Cc1ncsc1CN1CC2(C1)OCCC2CCNc1ccccn1. The minimum atomic E-state index is 0.0877. The number of rotatable bonds is 6. The van der Waals surface area contributed by atoms with Gasteiger partial charge in [-0.15, -0.1) is 11.3 Å². The molecular weight excluding hydrogens is 320 g/mol. The van der Waals surface area contributed by atoms with Crippen LogP contribution in [0.1, 0.15) is 23.4 Å². The molecule has 24 heavy (non-hydrogen) atoms. The minimum Gasteiger partial charge on any atom is -0.372 e. The standard InChI is InChI=1S/C18H24N4OS/c1-14-16(24-13-21-14)10-22-11-18(12-22)15(6-9-23-18)5-8-20-17-4-2-3-7-19-17/h2-4,7,13,15H,5-6,8-12H2,1H3,(H,19,20). The Labute approximate surface area is 147 Å². The summed E-state index contributed by atoms with van der Waals surface area (Å²) in [6.07, 6.45) is 4.15. The normalized spacial score (nSPS) is 22.6. The van der Waals surface area contributed by atoms with Crippen LogP contribution in [-0.2, 0) is 11.3 Å². The maximum Gasteiger partial charge on any atom is 0.125 e. The van der Waals surface area contributed by atoms with Crippen LogP contribution in [0.3, 0.4) is 0 Å². The van der Waals surface area contributed by atoms with Gasteiger partial charge < -0.3 is 10.1 Å². The van der Waals surface area contributed by atoms with Crippen LogP contribution >= 0.6 is 11.3 Å². The van der Waals surface area contributed by atoms with Crippen LogP contribution in [0.4, 0.5) is 5.82 Å². The third kappa shape index (κ3) is 3.18. The molecule has 2 fully saturated rings. The number of pyridine rings is 1. The predicted octanol–water partition coefficient (Wildman–Crippen LogP) is 2.94. The average Bonchev–Trinajstić information content (AvgIpc) is 3.15. The Bertz CT molecular complexity index is 669. The molecular formula is C18H24N4OS. The highest BCUT2D eigenvalue weighted by Crippen LogP contribution is 2.42. The second kappa shape index (κ2) is 6.78. The van der Waals surface area contributed by atoms with Gasteiger partial charge in [0, 0.05) is 43.9 Å². The molecule has 0 aromatic carbocycles. The molecule has 2 saturated heterocycles. The number of ether oxygens (including phenoxy) is 1. The summed E-state index contributed by atoms with van der Waals surface area (Å²) >= 11 is 1.76. The zero-order valence-corrected chi connectivity index (χ0v) is 14.9. The first-order chi connectivity index (χ1) is 11.8. The molecule has 1 unspecified atom stereocenters. The second-order valence-corrected chi connectivity index (χ2v) is 7.77. The third-order valence-corrected chi connectivity index (χ3v) is 6.18. The maximum atomic E-state index is 6.17. The molecule has 2 aromatic rings. The lowest BCUT2D eigenvalue weighted by molar-refractivity contribution is -0.136. The summed E-state index contributed by atoms with van der Waals surface area (Å²) in [5.74, 6) is 1.61. The molecule has 4 heterocycles. The van der Waals surface area contributed by atoms with Crippen molar-refractivity contribution in [1.29, 1.82) is 0 Å². The number of likely N-dealkylation sites (tertiary alicyclic amines) is 1. The number of aromatic nitrogens is 2. The highest BCUT2D eigenvalue weighted by atomic mass is 32.1. The van der Waals surface area contributed by atoms with Crippen LogP contribution in [0.2, 0.25) is 0 Å². The van der Waals surface area contributed by atoms with Crippen molar-refractivity contribution in [3.8, 4) is 0 Å². The largest absolute Gasteiger partial charge is 0.372 e. The van der Waals surface area contributed by atoms with Crippen LogP contribution in [0.5, 0.6) is 0 Å². The van der Waals surface area contributed by atoms with Gasteiger partial charge in [-0.3, -0.25) is 4.90 Å². The molecule has 6 heteroatoms. The fraction of sp³-hybridized carbons (Fsp3) is 0.556. The molecule has 0 bridgehead atoms. The topological polar surface area (TPSA) is 50.3 Å². The summed E-state index contributed by atoms with van der Waals surface area (Å²) < 4.78 is 6.17. The fourth-order valence-electron chi connectivity index (χ4n) is 3.89. The van der Waals surface area contributed by atoms with Crippen LogP contribution in [-0.4, -0.2) is 46.7 Å². The third-order valence-electron chi connectivity index (χ3n) is 5.26. The van der Waals surface area contributed by atoms with Gasteiger partial charge in [-0.05, 0) is 37.8 Å². The Morgan fingerprint density at radius 1 is 1.38 bits per heavy atom. The lowest BCUT2D eigenvalue weighted by atomic mass is 9.79. The lowest BCUT2D eigenvalue weighted by Crippen LogP contribution is -2.64. The first-order valence-electron chi connectivity index (χ1n) is 8.65. The molecule has 1 spiro atoms. The molecule has 2 aliphatic heterocycles. The van der Waals surface area contributed by atoms with Crippen molar-refractivity contribution >= 4 is 17.2 Å². The van der Waals surface area contributed by atoms with E-state index in [2.05, 4.69) is 27.1 Å². The van der Waals surface area contributed by atoms with Crippen LogP contribution in [0.15, 0.2) is 29.9 Å². The van der Waals surface area contributed by atoms with E-state index >= 15 is 0 Å². The monoisotopic (exact) mass is 344 g/mol. The highest BCUT2D eigenvalue weighted by Gasteiger charge is 2.52. The first kappa shape index (κ1) is 16.0. The quantitative estimate of drug-likeness (QED) is 0.873. The molecule has 2 aromatic heterocycles. The van der Waals surface area contributed by atoms with Gasteiger partial charge in [0.15, 0.2) is 0 Å². The van der Waals surface area contributed by atoms with Crippen molar-refractivity contribution in [3.05, 3.63) is 40.5 Å². The van der Waals surface area contributed by atoms with Crippen LogP contribution in [0, 0.1) is 12.8 Å². The van der Waals surface area contributed by atoms with E-state index in [-0.39, 0.29) is 5.60 Å². The maximum absolute atomic E-state index is 6.17. The molecule has 1 N–H and O–H groups in total. The Morgan fingerprint density at radius 3 is 3.04 bits per heavy atom. The van der Waals surface area contributed by atoms with Crippen molar-refractivity contribution in [2.75, 3.05) is 31.6 Å². The minimum absolute atomic E-state index is 0.0877. The van der Waals surface area contributed by atoms with E-state index in [0.29, 0.717) is 5.92 Å². The summed E-state index contributed by atoms with van der Waals surface area (Å²) in [6, 6.07) is 5.98. The van der Waals surface area contributed by atoms with Gasteiger partial charge in [0.25, 0.3) is 0 Å². The summed E-state index contributed by atoms with van der Waals surface area (Å²) in [5, 5.41) is 3.43. The number of thiazole rings is 1. The molecule has 2 aliphatic rings. The molecule has 1 atom stereocenters. The van der Waals surface area contributed by atoms with Gasteiger partial charge >= 0.3 is 0 Å². The molecule has 0 saturated carbocycles. The van der Waals surface area contributed by atoms with Crippen molar-refractivity contribution < 1.29 is 4.74 Å². The smallest absolute Gasteiger partial charge is 0.125 e.